The van der Waals surface area contributed by atoms with Gasteiger partial charge in [-0.05, 0) is 57.9 Å². The lowest BCUT2D eigenvalue weighted by Crippen LogP contribution is -2.05. The van der Waals surface area contributed by atoms with Gasteiger partial charge >= 0.3 is 6.01 Å². The summed E-state index contributed by atoms with van der Waals surface area (Å²) in [6.45, 7) is 3.11. The van der Waals surface area contributed by atoms with Gasteiger partial charge in [-0.15, -0.1) is 0 Å². The Bertz CT molecular complexity index is 904. The second-order valence-electron chi connectivity index (χ2n) is 6.33. The third-order valence-electron chi connectivity index (χ3n) is 4.37. The zero-order valence-electron chi connectivity index (χ0n) is 15.8. The van der Waals surface area contributed by atoms with Crippen LogP contribution >= 0.6 is 15.9 Å². The molecule has 0 saturated carbocycles. The van der Waals surface area contributed by atoms with Crippen molar-refractivity contribution >= 4 is 15.9 Å². The standard InChI is InChI=1S/C22H23BrN2O3/c1-16-18(10-7-11-19(16)17-8-3-2-4-9-17)15-28-22-24-14-20(23)21(25-22)27-13-6-5-12-26/h2-4,7-11,14,26H,5-6,12-13,15H2,1H3. The van der Waals surface area contributed by atoms with Gasteiger partial charge < -0.3 is 14.6 Å². The van der Waals surface area contributed by atoms with Gasteiger partial charge in [0.25, 0.3) is 0 Å². The van der Waals surface area contributed by atoms with Crippen LogP contribution < -0.4 is 9.47 Å². The molecular formula is C22H23BrN2O3. The predicted molar refractivity (Wildman–Crippen MR) is 112 cm³/mol. The van der Waals surface area contributed by atoms with E-state index in [4.69, 9.17) is 14.6 Å². The van der Waals surface area contributed by atoms with Crippen molar-refractivity contribution in [1.29, 1.82) is 0 Å². The van der Waals surface area contributed by atoms with Gasteiger partial charge in [-0.3, -0.25) is 0 Å². The molecule has 0 saturated heterocycles. The minimum atomic E-state index is 0.157. The second-order valence-corrected chi connectivity index (χ2v) is 7.18. The van der Waals surface area contributed by atoms with Gasteiger partial charge in [0.15, 0.2) is 0 Å². The molecule has 0 spiro atoms. The van der Waals surface area contributed by atoms with Crippen LogP contribution in [0.1, 0.15) is 24.0 Å². The Morgan fingerprint density at radius 1 is 1.00 bits per heavy atom. The summed E-state index contributed by atoms with van der Waals surface area (Å²) in [5, 5.41) is 8.84. The van der Waals surface area contributed by atoms with E-state index in [0.29, 0.717) is 30.0 Å². The lowest BCUT2D eigenvalue weighted by atomic mass is 9.97. The minimum absolute atomic E-state index is 0.157. The van der Waals surface area contributed by atoms with Crippen LogP contribution in [-0.4, -0.2) is 28.3 Å². The van der Waals surface area contributed by atoms with E-state index in [0.717, 1.165) is 12.0 Å². The Morgan fingerprint density at radius 2 is 1.82 bits per heavy atom. The number of aliphatic hydroxyl groups is 1. The summed E-state index contributed by atoms with van der Waals surface area (Å²) in [5.41, 5.74) is 4.62. The predicted octanol–water partition coefficient (Wildman–Crippen LogP) is 4.94. The molecule has 0 radical (unpaired) electrons. The summed E-state index contributed by atoms with van der Waals surface area (Å²) < 4.78 is 12.1. The van der Waals surface area contributed by atoms with Crippen molar-refractivity contribution in [2.24, 2.45) is 0 Å². The van der Waals surface area contributed by atoms with Gasteiger partial charge in [-0.25, -0.2) is 4.98 Å². The van der Waals surface area contributed by atoms with Gasteiger partial charge in [-0.2, -0.15) is 4.98 Å². The summed E-state index contributed by atoms with van der Waals surface area (Å²) in [7, 11) is 0. The molecule has 6 heteroatoms. The SMILES string of the molecule is Cc1c(COc2ncc(Br)c(OCCCCO)n2)cccc1-c1ccccc1. The van der Waals surface area contributed by atoms with Crippen molar-refractivity contribution in [3.8, 4) is 23.0 Å². The van der Waals surface area contributed by atoms with E-state index in [1.54, 1.807) is 6.20 Å². The maximum absolute atomic E-state index is 8.84. The van der Waals surface area contributed by atoms with E-state index in [9.17, 15) is 0 Å². The van der Waals surface area contributed by atoms with Crippen LogP contribution in [0.4, 0.5) is 0 Å². The average molecular weight is 443 g/mol. The zero-order valence-corrected chi connectivity index (χ0v) is 17.4. The molecule has 1 heterocycles. The Morgan fingerprint density at radius 3 is 2.61 bits per heavy atom. The van der Waals surface area contributed by atoms with Crippen LogP contribution in [0, 0.1) is 6.92 Å². The topological polar surface area (TPSA) is 64.5 Å². The number of rotatable bonds is 9. The summed E-state index contributed by atoms with van der Waals surface area (Å²) in [6.07, 6.45) is 3.08. The fourth-order valence-corrected chi connectivity index (χ4v) is 3.11. The fraction of sp³-hybridized carbons (Fsp3) is 0.273. The smallest absolute Gasteiger partial charge is 0.320 e. The molecule has 3 rings (SSSR count). The van der Waals surface area contributed by atoms with E-state index in [1.165, 1.54) is 16.7 Å². The molecule has 3 aromatic rings. The average Bonchev–Trinajstić information content (AvgIpc) is 2.73. The lowest BCUT2D eigenvalue weighted by molar-refractivity contribution is 0.239. The first-order chi connectivity index (χ1) is 13.7. The van der Waals surface area contributed by atoms with E-state index < -0.39 is 0 Å². The van der Waals surface area contributed by atoms with E-state index >= 15 is 0 Å². The Hall–Kier alpha value is -2.44. The first-order valence-electron chi connectivity index (χ1n) is 9.22. The van der Waals surface area contributed by atoms with E-state index in [2.05, 4.69) is 51.0 Å². The largest absolute Gasteiger partial charge is 0.477 e. The monoisotopic (exact) mass is 442 g/mol. The Kier molecular flexibility index (Phi) is 7.39. The minimum Gasteiger partial charge on any atom is -0.477 e. The van der Waals surface area contributed by atoms with Crippen molar-refractivity contribution in [3.63, 3.8) is 0 Å². The quantitative estimate of drug-likeness (QED) is 0.475. The maximum atomic E-state index is 8.84. The summed E-state index contributed by atoms with van der Waals surface area (Å²) in [5.74, 6) is 0.442. The normalized spacial score (nSPS) is 10.7. The van der Waals surface area contributed by atoms with Crippen LogP contribution in [-0.2, 0) is 6.61 Å². The molecule has 0 unspecified atom stereocenters. The van der Waals surface area contributed by atoms with Crippen molar-refractivity contribution in [2.75, 3.05) is 13.2 Å². The highest BCUT2D eigenvalue weighted by Crippen LogP contribution is 2.27. The van der Waals surface area contributed by atoms with Crippen molar-refractivity contribution < 1.29 is 14.6 Å². The van der Waals surface area contributed by atoms with Crippen molar-refractivity contribution in [3.05, 3.63) is 70.3 Å². The fourth-order valence-electron chi connectivity index (χ4n) is 2.80. The summed E-state index contributed by atoms with van der Waals surface area (Å²) in [6, 6.07) is 16.8. The van der Waals surface area contributed by atoms with Gasteiger partial charge in [0.05, 0.1) is 17.3 Å². The van der Waals surface area contributed by atoms with Crippen LogP contribution in [0.2, 0.25) is 0 Å². The summed E-state index contributed by atoms with van der Waals surface area (Å²) in [4.78, 5) is 8.54. The molecular weight excluding hydrogens is 420 g/mol. The number of hydrogen-bond donors (Lipinski definition) is 1. The summed E-state index contributed by atoms with van der Waals surface area (Å²) >= 11 is 3.39. The molecule has 0 aliphatic heterocycles. The molecule has 28 heavy (non-hydrogen) atoms. The molecule has 0 atom stereocenters. The Balaban J connectivity index is 1.69. The molecule has 0 aliphatic rings. The number of hydrogen-bond acceptors (Lipinski definition) is 5. The third kappa shape index (κ3) is 5.30. The van der Waals surface area contributed by atoms with E-state index in [1.807, 2.05) is 30.3 Å². The first-order valence-corrected chi connectivity index (χ1v) is 10.0. The van der Waals surface area contributed by atoms with Crippen LogP contribution in [0.3, 0.4) is 0 Å². The highest BCUT2D eigenvalue weighted by molar-refractivity contribution is 9.10. The highest BCUT2D eigenvalue weighted by Gasteiger charge is 2.10. The van der Waals surface area contributed by atoms with Gasteiger partial charge in [0.1, 0.15) is 6.61 Å². The second kappa shape index (κ2) is 10.2. The third-order valence-corrected chi connectivity index (χ3v) is 4.91. The number of unbranched alkanes of at least 4 members (excludes halogenated alkanes) is 1. The molecule has 2 aromatic carbocycles. The first kappa shape index (κ1) is 20.3. The van der Waals surface area contributed by atoms with Crippen molar-refractivity contribution in [2.45, 2.75) is 26.4 Å². The van der Waals surface area contributed by atoms with E-state index in [-0.39, 0.29) is 12.6 Å². The van der Waals surface area contributed by atoms with Gasteiger partial charge in [0.2, 0.25) is 5.88 Å². The van der Waals surface area contributed by atoms with Crippen LogP contribution in [0.25, 0.3) is 11.1 Å². The Labute approximate surface area is 173 Å². The highest BCUT2D eigenvalue weighted by atomic mass is 79.9. The number of aliphatic hydroxyl groups excluding tert-OH is 1. The molecule has 1 N–H and O–H groups in total. The number of ether oxygens (including phenoxy) is 2. The number of halogens is 1. The molecule has 0 aliphatic carbocycles. The number of aromatic nitrogens is 2. The molecule has 5 nitrogen and oxygen atoms in total. The van der Waals surface area contributed by atoms with Crippen molar-refractivity contribution in [1.82, 2.24) is 9.97 Å². The van der Waals surface area contributed by atoms with Crippen LogP contribution in [0.15, 0.2) is 59.2 Å². The molecule has 0 fully saturated rings. The number of benzene rings is 2. The molecule has 1 aromatic heterocycles. The van der Waals surface area contributed by atoms with Gasteiger partial charge in [0, 0.05) is 6.61 Å². The molecule has 146 valence electrons. The van der Waals surface area contributed by atoms with Gasteiger partial charge in [-0.1, -0.05) is 48.5 Å². The molecule has 0 amide bonds. The lowest BCUT2D eigenvalue weighted by Gasteiger charge is -2.13. The maximum Gasteiger partial charge on any atom is 0.320 e. The van der Waals surface area contributed by atoms with Crippen LogP contribution in [0.5, 0.6) is 11.9 Å². The molecule has 0 bridgehead atoms. The zero-order chi connectivity index (χ0) is 19.8. The number of nitrogens with zero attached hydrogens (tertiary/aromatic N) is 2.